The maximum Gasteiger partial charge on any atom is 0.227 e. The van der Waals surface area contributed by atoms with E-state index in [0.29, 0.717) is 18.5 Å². The van der Waals surface area contributed by atoms with Gasteiger partial charge in [-0.15, -0.1) is 0 Å². The van der Waals surface area contributed by atoms with Gasteiger partial charge in [-0.3, -0.25) is 4.79 Å². The smallest absolute Gasteiger partial charge is 0.227 e. The Labute approximate surface area is 128 Å². The van der Waals surface area contributed by atoms with Gasteiger partial charge in [-0.05, 0) is 50.9 Å². The van der Waals surface area contributed by atoms with Crippen molar-refractivity contribution in [1.82, 2.24) is 4.90 Å². The fraction of sp³-hybridized carbons (Fsp3) is 0.938. The van der Waals surface area contributed by atoms with Crippen LogP contribution in [-0.2, 0) is 14.6 Å². The highest BCUT2D eigenvalue weighted by Crippen LogP contribution is 2.38. The molecule has 1 atom stereocenters. The third kappa shape index (κ3) is 3.43. The molecule has 1 amide bonds. The predicted molar refractivity (Wildman–Crippen MR) is 82.7 cm³/mol. The number of hydrogen-bond donors (Lipinski definition) is 0. The Morgan fingerprint density at radius 1 is 1.00 bits per heavy atom. The van der Waals surface area contributed by atoms with Gasteiger partial charge in [0, 0.05) is 12.1 Å². The van der Waals surface area contributed by atoms with Gasteiger partial charge < -0.3 is 4.90 Å². The quantitative estimate of drug-likeness (QED) is 0.801. The molecule has 0 bridgehead atoms. The van der Waals surface area contributed by atoms with Crippen LogP contribution >= 0.6 is 0 Å². The maximum atomic E-state index is 12.8. The topological polar surface area (TPSA) is 54.5 Å². The van der Waals surface area contributed by atoms with E-state index >= 15 is 0 Å². The molecule has 1 aliphatic heterocycles. The molecular weight excluding hydrogens is 286 g/mol. The normalized spacial score (nSPS) is 35.6. The molecule has 2 saturated carbocycles. The Hall–Kier alpha value is -0.580. The zero-order valence-electron chi connectivity index (χ0n) is 13.0. The first-order valence-corrected chi connectivity index (χ1v) is 10.3. The lowest BCUT2D eigenvalue weighted by molar-refractivity contribution is -0.138. The molecule has 120 valence electrons. The van der Waals surface area contributed by atoms with Crippen molar-refractivity contribution < 1.29 is 13.2 Å². The lowest BCUT2D eigenvalue weighted by atomic mass is 9.83. The summed E-state index contributed by atoms with van der Waals surface area (Å²) in [6.07, 6.45) is 8.67. The average Bonchev–Trinajstić information content (AvgIpc) is 3.23. The van der Waals surface area contributed by atoms with E-state index in [1.54, 1.807) is 0 Å². The van der Waals surface area contributed by atoms with Crippen LogP contribution in [-0.4, -0.2) is 42.8 Å². The van der Waals surface area contributed by atoms with E-state index in [2.05, 4.69) is 11.8 Å². The highest BCUT2D eigenvalue weighted by atomic mass is 32.2. The molecule has 3 aliphatic rings. The second-order valence-electron chi connectivity index (χ2n) is 7.16. The minimum absolute atomic E-state index is 0.0827. The van der Waals surface area contributed by atoms with Crippen LogP contribution in [0, 0.1) is 11.8 Å². The minimum Gasteiger partial charge on any atom is -0.336 e. The third-order valence-electron chi connectivity index (χ3n) is 5.56. The Kier molecular flexibility index (Phi) is 4.30. The summed E-state index contributed by atoms with van der Waals surface area (Å²) < 4.78 is 23.3. The van der Waals surface area contributed by atoms with Crippen molar-refractivity contribution in [2.45, 2.75) is 70.4 Å². The molecule has 2 aliphatic carbocycles. The molecule has 1 saturated heterocycles. The standard InChI is InChI=1S/C16H27NO3S/c1-2-12-3-5-14(6-4-12)17(15-7-8-15)16(18)13-9-10-21(19,20)11-13/h12-15H,2-11H2,1H3. The highest BCUT2D eigenvalue weighted by molar-refractivity contribution is 7.91. The Bertz CT molecular complexity index is 490. The van der Waals surface area contributed by atoms with Crippen LogP contribution in [0.15, 0.2) is 0 Å². The fourth-order valence-electron chi connectivity index (χ4n) is 4.04. The second-order valence-corrected chi connectivity index (χ2v) is 9.39. The van der Waals surface area contributed by atoms with Crippen molar-refractivity contribution in [1.29, 1.82) is 0 Å². The molecule has 21 heavy (non-hydrogen) atoms. The SMILES string of the molecule is CCC1CCC(N(C(=O)C2CCS(=O)(=O)C2)C2CC2)CC1. The van der Waals surface area contributed by atoms with Gasteiger partial charge in [0.2, 0.25) is 5.91 Å². The van der Waals surface area contributed by atoms with Gasteiger partial charge in [0.1, 0.15) is 0 Å². The Morgan fingerprint density at radius 3 is 2.00 bits per heavy atom. The van der Waals surface area contributed by atoms with Gasteiger partial charge in [0.05, 0.1) is 17.4 Å². The van der Waals surface area contributed by atoms with Crippen LogP contribution in [0.5, 0.6) is 0 Å². The van der Waals surface area contributed by atoms with Crippen molar-refractivity contribution in [3.05, 3.63) is 0 Å². The minimum atomic E-state index is -2.97. The highest BCUT2D eigenvalue weighted by Gasteiger charge is 2.43. The van der Waals surface area contributed by atoms with E-state index in [4.69, 9.17) is 0 Å². The van der Waals surface area contributed by atoms with E-state index in [-0.39, 0.29) is 23.3 Å². The first kappa shape index (κ1) is 15.3. The lowest BCUT2D eigenvalue weighted by Gasteiger charge is -2.38. The van der Waals surface area contributed by atoms with Gasteiger partial charge in [0.15, 0.2) is 9.84 Å². The van der Waals surface area contributed by atoms with Gasteiger partial charge in [-0.25, -0.2) is 8.42 Å². The van der Waals surface area contributed by atoms with Crippen LogP contribution in [0.1, 0.15) is 58.3 Å². The second kappa shape index (κ2) is 5.90. The van der Waals surface area contributed by atoms with Crippen molar-refractivity contribution >= 4 is 15.7 Å². The number of nitrogens with zero attached hydrogens (tertiary/aromatic N) is 1. The molecule has 1 unspecified atom stereocenters. The van der Waals surface area contributed by atoms with Crippen LogP contribution < -0.4 is 0 Å². The van der Waals surface area contributed by atoms with Gasteiger partial charge in [-0.1, -0.05) is 13.3 Å². The molecule has 1 heterocycles. The van der Waals surface area contributed by atoms with E-state index in [1.807, 2.05) is 0 Å². The molecule has 0 spiro atoms. The number of carbonyl (C=O) groups excluding carboxylic acids is 1. The number of hydrogen-bond acceptors (Lipinski definition) is 3. The molecule has 4 nitrogen and oxygen atoms in total. The first-order chi connectivity index (χ1) is 10.00. The molecule has 3 fully saturated rings. The largest absolute Gasteiger partial charge is 0.336 e. The number of rotatable bonds is 4. The molecule has 5 heteroatoms. The van der Waals surface area contributed by atoms with Crippen molar-refractivity contribution in [3.63, 3.8) is 0 Å². The summed E-state index contributed by atoms with van der Waals surface area (Å²) in [6.45, 7) is 2.25. The molecule has 0 radical (unpaired) electrons. The molecule has 0 aromatic heterocycles. The summed E-state index contributed by atoms with van der Waals surface area (Å²) in [5.41, 5.74) is 0. The Balaban J connectivity index is 1.66. The van der Waals surface area contributed by atoms with Crippen LogP contribution in [0.25, 0.3) is 0 Å². The van der Waals surface area contributed by atoms with Gasteiger partial charge in [-0.2, -0.15) is 0 Å². The predicted octanol–water partition coefficient (Wildman–Crippen LogP) is 2.38. The van der Waals surface area contributed by atoms with Gasteiger partial charge in [0.25, 0.3) is 0 Å². The van der Waals surface area contributed by atoms with Gasteiger partial charge >= 0.3 is 0 Å². The summed E-state index contributed by atoms with van der Waals surface area (Å²) in [5.74, 6) is 0.978. The van der Waals surface area contributed by atoms with Crippen molar-refractivity contribution in [3.8, 4) is 0 Å². The summed E-state index contributed by atoms with van der Waals surface area (Å²) >= 11 is 0. The van der Waals surface area contributed by atoms with E-state index in [9.17, 15) is 13.2 Å². The summed E-state index contributed by atoms with van der Waals surface area (Å²) in [6, 6.07) is 0.778. The average molecular weight is 313 g/mol. The van der Waals surface area contributed by atoms with Crippen molar-refractivity contribution in [2.24, 2.45) is 11.8 Å². The molecule has 3 rings (SSSR count). The first-order valence-electron chi connectivity index (χ1n) is 8.52. The summed E-state index contributed by atoms with van der Waals surface area (Å²) in [7, 11) is -2.97. The monoisotopic (exact) mass is 313 g/mol. The Morgan fingerprint density at radius 2 is 1.57 bits per heavy atom. The van der Waals surface area contributed by atoms with Crippen molar-refractivity contribution in [2.75, 3.05) is 11.5 Å². The number of carbonyl (C=O) groups is 1. The third-order valence-corrected chi connectivity index (χ3v) is 7.33. The van der Waals surface area contributed by atoms with Crippen LogP contribution in [0.2, 0.25) is 0 Å². The number of sulfone groups is 1. The lowest BCUT2D eigenvalue weighted by Crippen LogP contribution is -2.46. The molecule has 0 aromatic carbocycles. The zero-order chi connectivity index (χ0) is 15.0. The van der Waals surface area contributed by atoms with E-state index in [0.717, 1.165) is 31.6 Å². The molecule has 0 N–H and O–H groups in total. The maximum absolute atomic E-state index is 12.8. The van der Waals surface area contributed by atoms with E-state index in [1.165, 1.54) is 19.3 Å². The zero-order valence-corrected chi connectivity index (χ0v) is 13.8. The summed E-state index contributed by atoms with van der Waals surface area (Å²) in [5, 5.41) is 0. The summed E-state index contributed by atoms with van der Waals surface area (Å²) in [4.78, 5) is 14.9. The van der Waals surface area contributed by atoms with Crippen LogP contribution in [0.3, 0.4) is 0 Å². The van der Waals surface area contributed by atoms with E-state index < -0.39 is 9.84 Å². The fourth-order valence-corrected chi connectivity index (χ4v) is 5.78. The molecular formula is C16H27NO3S. The van der Waals surface area contributed by atoms with Crippen LogP contribution in [0.4, 0.5) is 0 Å². The molecule has 0 aromatic rings. The number of amides is 1.